The molecule has 2 rings (SSSR count). The van der Waals surface area contributed by atoms with E-state index in [0.717, 1.165) is 36.0 Å². The molecule has 1 N–H and O–H groups in total. The molecule has 0 radical (unpaired) electrons. The molecule has 1 aromatic rings. The lowest BCUT2D eigenvalue weighted by molar-refractivity contribution is 0.874. The van der Waals surface area contributed by atoms with Gasteiger partial charge in [0.1, 0.15) is 5.01 Å². The quantitative estimate of drug-likeness (QED) is 0.780. The van der Waals surface area contributed by atoms with Crippen molar-refractivity contribution in [3.8, 4) is 0 Å². The highest BCUT2D eigenvalue weighted by Gasteiger charge is 2.05. The summed E-state index contributed by atoms with van der Waals surface area (Å²) in [5, 5.41) is 6.53. The maximum atomic E-state index is 4.37. The minimum atomic E-state index is 0.831. The SMILES string of the molecule is Cc1csc(CNC2=NCCC2)n1. The molecule has 2 heterocycles. The molecule has 70 valence electrons. The second-order valence-electron chi connectivity index (χ2n) is 3.17. The van der Waals surface area contributed by atoms with Crippen LogP contribution in [0.25, 0.3) is 0 Å². The predicted molar refractivity (Wildman–Crippen MR) is 55.2 cm³/mol. The van der Waals surface area contributed by atoms with E-state index in [0.29, 0.717) is 0 Å². The summed E-state index contributed by atoms with van der Waals surface area (Å²) in [4.78, 5) is 8.71. The van der Waals surface area contributed by atoms with Crippen molar-refractivity contribution in [2.75, 3.05) is 6.54 Å². The van der Waals surface area contributed by atoms with Gasteiger partial charge in [-0.05, 0) is 13.3 Å². The van der Waals surface area contributed by atoms with E-state index in [1.54, 1.807) is 11.3 Å². The van der Waals surface area contributed by atoms with Crippen LogP contribution in [-0.2, 0) is 6.54 Å². The summed E-state index contributed by atoms with van der Waals surface area (Å²) >= 11 is 1.70. The molecule has 0 atom stereocenters. The van der Waals surface area contributed by atoms with Crippen molar-refractivity contribution in [3.63, 3.8) is 0 Å². The van der Waals surface area contributed by atoms with Gasteiger partial charge in [0.15, 0.2) is 0 Å². The minimum Gasteiger partial charge on any atom is -0.367 e. The third-order valence-corrected chi connectivity index (χ3v) is 2.95. The van der Waals surface area contributed by atoms with Gasteiger partial charge < -0.3 is 5.32 Å². The molecule has 3 nitrogen and oxygen atoms in total. The lowest BCUT2D eigenvalue weighted by Crippen LogP contribution is -2.20. The zero-order valence-electron chi connectivity index (χ0n) is 7.71. The molecule has 1 aliphatic heterocycles. The van der Waals surface area contributed by atoms with E-state index in [1.165, 1.54) is 6.42 Å². The van der Waals surface area contributed by atoms with Gasteiger partial charge in [0.2, 0.25) is 0 Å². The topological polar surface area (TPSA) is 37.3 Å². The molecular weight excluding hydrogens is 182 g/mol. The first-order chi connectivity index (χ1) is 6.34. The summed E-state index contributed by atoms with van der Waals surface area (Å²) in [5.41, 5.74) is 1.11. The average molecular weight is 195 g/mol. The van der Waals surface area contributed by atoms with Gasteiger partial charge in [0, 0.05) is 24.0 Å². The lowest BCUT2D eigenvalue weighted by atomic mass is 10.3. The number of aromatic nitrogens is 1. The van der Waals surface area contributed by atoms with Crippen LogP contribution in [0.4, 0.5) is 0 Å². The van der Waals surface area contributed by atoms with Crippen LogP contribution in [0.5, 0.6) is 0 Å². The molecule has 0 unspecified atom stereocenters. The number of nitrogens with one attached hydrogen (secondary N) is 1. The number of hydrogen-bond donors (Lipinski definition) is 1. The summed E-state index contributed by atoms with van der Waals surface area (Å²) in [6.45, 7) is 3.84. The molecule has 0 saturated carbocycles. The highest BCUT2D eigenvalue weighted by atomic mass is 32.1. The Morgan fingerprint density at radius 2 is 2.54 bits per heavy atom. The molecule has 0 bridgehead atoms. The summed E-state index contributed by atoms with van der Waals surface area (Å²) in [6, 6.07) is 0. The van der Waals surface area contributed by atoms with Crippen molar-refractivity contribution < 1.29 is 0 Å². The molecule has 13 heavy (non-hydrogen) atoms. The van der Waals surface area contributed by atoms with E-state index in [2.05, 4.69) is 20.7 Å². The van der Waals surface area contributed by atoms with E-state index in [1.807, 2.05) is 6.92 Å². The van der Waals surface area contributed by atoms with Gasteiger partial charge in [0.05, 0.1) is 12.4 Å². The van der Waals surface area contributed by atoms with Gasteiger partial charge >= 0.3 is 0 Å². The van der Waals surface area contributed by atoms with Crippen molar-refractivity contribution in [3.05, 3.63) is 16.1 Å². The number of aliphatic imine (C=N–C) groups is 1. The number of amidine groups is 1. The monoisotopic (exact) mass is 195 g/mol. The van der Waals surface area contributed by atoms with E-state index in [-0.39, 0.29) is 0 Å². The fourth-order valence-electron chi connectivity index (χ4n) is 1.35. The first kappa shape index (κ1) is 8.69. The van der Waals surface area contributed by atoms with Gasteiger partial charge in [0.25, 0.3) is 0 Å². The number of rotatable bonds is 2. The van der Waals surface area contributed by atoms with Crippen LogP contribution >= 0.6 is 11.3 Å². The third-order valence-electron chi connectivity index (χ3n) is 1.98. The summed E-state index contributed by atoms with van der Waals surface area (Å²) in [5.74, 6) is 1.15. The molecule has 0 amide bonds. The maximum Gasteiger partial charge on any atom is 0.112 e. The van der Waals surface area contributed by atoms with Crippen molar-refractivity contribution in [2.45, 2.75) is 26.3 Å². The highest BCUT2D eigenvalue weighted by Crippen LogP contribution is 2.09. The number of aryl methyl sites for hydroxylation is 1. The Morgan fingerprint density at radius 1 is 1.62 bits per heavy atom. The number of nitrogens with zero attached hydrogens (tertiary/aromatic N) is 2. The van der Waals surface area contributed by atoms with Gasteiger partial charge in [-0.25, -0.2) is 4.98 Å². The molecule has 0 aromatic carbocycles. The van der Waals surface area contributed by atoms with E-state index < -0.39 is 0 Å². The van der Waals surface area contributed by atoms with E-state index in [9.17, 15) is 0 Å². The van der Waals surface area contributed by atoms with Crippen molar-refractivity contribution in [1.29, 1.82) is 0 Å². The van der Waals surface area contributed by atoms with Crippen LogP contribution in [0, 0.1) is 6.92 Å². The first-order valence-corrected chi connectivity index (χ1v) is 5.41. The summed E-state index contributed by atoms with van der Waals surface area (Å²) < 4.78 is 0. The molecule has 0 aliphatic carbocycles. The Labute approximate surface area is 81.9 Å². The zero-order valence-corrected chi connectivity index (χ0v) is 8.52. The van der Waals surface area contributed by atoms with Gasteiger partial charge in [-0.1, -0.05) is 0 Å². The van der Waals surface area contributed by atoms with Crippen molar-refractivity contribution in [1.82, 2.24) is 10.3 Å². The van der Waals surface area contributed by atoms with Crippen LogP contribution in [0.15, 0.2) is 10.4 Å². The van der Waals surface area contributed by atoms with Crippen LogP contribution in [0.2, 0.25) is 0 Å². The second kappa shape index (κ2) is 3.87. The smallest absolute Gasteiger partial charge is 0.112 e. The van der Waals surface area contributed by atoms with E-state index >= 15 is 0 Å². The standard InChI is InChI=1S/C9H13N3S/c1-7-6-13-9(12-7)5-11-8-3-2-4-10-8/h6H,2-5H2,1H3,(H,10,11). The molecule has 0 spiro atoms. The fourth-order valence-corrected chi connectivity index (χ4v) is 2.06. The summed E-state index contributed by atoms with van der Waals surface area (Å²) in [7, 11) is 0. The molecule has 1 aromatic heterocycles. The maximum absolute atomic E-state index is 4.37. The average Bonchev–Trinajstić information content (AvgIpc) is 2.71. The van der Waals surface area contributed by atoms with Crippen molar-refractivity contribution >= 4 is 17.2 Å². The van der Waals surface area contributed by atoms with E-state index in [4.69, 9.17) is 0 Å². The van der Waals surface area contributed by atoms with Gasteiger partial charge in [-0.2, -0.15) is 0 Å². The number of thiazole rings is 1. The zero-order chi connectivity index (χ0) is 9.10. The highest BCUT2D eigenvalue weighted by molar-refractivity contribution is 7.09. The Balaban J connectivity index is 1.85. The normalized spacial score (nSPS) is 15.9. The Hall–Kier alpha value is -0.900. The van der Waals surface area contributed by atoms with Crippen LogP contribution < -0.4 is 5.32 Å². The van der Waals surface area contributed by atoms with Crippen LogP contribution in [0.1, 0.15) is 23.5 Å². The van der Waals surface area contributed by atoms with Crippen LogP contribution in [-0.4, -0.2) is 17.4 Å². The minimum absolute atomic E-state index is 0.831. The predicted octanol–water partition coefficient (Wildman–Crippen LogP) is 1.73. The third kappa shape index (κ3) is 2.28. The van der Waals surface area contributed by atoms with Crippen molar-refractivity contribution in [2.24, 2.45) is 4.99 Å². The van der Waals surface area contributed by atoms with Gasteiger partial charge in [-0.15, -0.1) is 11.3 Å². The molecule has 1 aliphatic rings. The molecular formula is C9H13N3S. The number of hydrogen-bond acceptors (Lipinski definition) is 4. The second-order valence-corrected chi connectivity index (χ2v) is 4.11. The molecule has 4 heteroatoms. The molecule has 0 fully saturated rings. The first-order valence-electron chi connectivity index (χ1n) is 4.53. The Bertz CT molecular complexity index is 316. The Morgan fingerprint density at radius 3 is 3.15 bits per heavy atom. The largest absolute Gasteiger partial charge is 0.367 e. The van der Waals surface area contributed by atoms with Crippen LogP contribution in [0.3, 0.4) is 0 Å². The summed E-state index contributed by atoms with van der Waals surface area (Å²) in [6.07, 6.45) is 2.30. The fraction of sp³-hybridized carbons (Fsp3) is 0.556. The lowest BCUT2D eigenvalue weighted by Gasteiger charge is -2.01. The Kier molecular flexibility index (Phi) is 2.59. The van der Waals surface area contributed by atoms with Gasteiger partial charge in [-0.3, -0.25) is 4.99 Å². The molecule has 0 saturated heterocycles.